The lowest BCUT2D eigenvalue weighted by molar-refractivity contribution is -0.117. The number of hydrogen-bond acceptors (Lipinski definition) is 4. The van der Waals surface area contributed by atoms with Crippen molar-refractivity contribution in [2.75, 3.05) is 25.0 Å². The minimum atomic E-state index is -0.395. The van der Waals surface area contributed by atoms with Crippen LogP contribution >= 0.6 is 0 Å². The summed E-state index contributed by atoms with van der Waals surface area (Å²) in [6.45, 7) is 3.26. The third-order valence-corrected chi connectivity index (χ3v) is 5.00. The average Bonchev–Trinajstić information content (AvgIpc) is 2.63. The van der Waals surface area contributed by atoms with Crippen LogP contribution in [0.25, 0.3) is 0 Å². The molecule has 1 atom stereocenters. The minimum absolute atomic E-state index is 0.0777. The Hall–Kier alpha value is -2.86. The van der Waals surface area contributed by atoms with E-state index in [1.54, 1.807) is 12.1 Å². The van der Waals surface area contributed by atoms with Gasteiger partial charge in [0.1, 0.15) is 5.82 Å². The molecule has 2 aliphatic heterocycles. The molecule has 6 heteroatoms. The van der Waals surface area contributed by atoms with E-state index in [-0.39, 0.29) is 24.2 Å². The fraction of sp³-hybridized carbons (Fsp3) is 0.286. The lowest BCUT2D eigenvalue weighted by Gasteiger charge is -2.34. The van der Waals surface area contributed by atoms with Gasteiger partial charge in [0.05, 0.1) is 18.2 Å². The molecule has 1 N–H and O–H groups in total. The van der Waals surface area contributed by atoms with Crippen LogP contribution in [0.4, 0.5) is 15.8 Å². The first-order valence-corrected chi connectivity index (χ1v) is 9.00. The standard InChI is InChI=1S/C21H20FN3O2/c1-13-5-6-18-16(9-13)21(27)17-11-25(8-7-19(17)24-18)12-20(26)23-15-4-2-3-14(22)10-15/h2-6,9-10,17H,7-8,11-12H2,1H3,(H,23,26). The number of likely N-dealkylation sites (tertiary alicyclic amines) is 1. The van der Waals surface area contributed by atoms with Crippen LogP contribution in [0.5, 0.6) is 0 Å². The van der Waals surface area contributed by atoms with Gasteiger partial charge >= 0.3 is 0 Å². The molecule has 0 aromatic heterocycles. The molecule has 4 rings (SSSR count). The summed E-state index contributed by atoms with van der Waals surface area (Å²) in [7, 11) is 0. The molecule has 1 fully saturated rings. The number of piperidine rings is 1. The largest absolute Gasteiger partial charge is 0.325 e. The summed E-state index contributed by atoms with van der Waals surface area (Å²) in [5.74, 6) is -0.835. The lowest BCUT2D eigenvalue weighted by Crippen LogP contribution is -2.47. The van der Waals surface area contributed by atoms with Crippen LogP contribution in [0.3, 0.4) is 0 Å². The molecule has 5 nitrogen and oxygen atoms in total. The number of halogens is 1. The summed E-state index contributed by atoms with van der Waals surface area (Å²) in [5.41, 5.74) is 3.77. The number of Topliss-reactive ketones (excluding diaryl/α,β-unsaturated/α-hetero) is 1. The number of carbonyl (C=O) groups excluding carboxylic acids is 2. The molecule has 1 amide bonds. The van der Waals surface area contributed by atoms with Gasteiger partial charge < -0.3 is 5.32 Å². The summed E-state index contributed by atoms with van der Waals surface area (Å²) in [6, 6.07) is 11.5. The van der Waals surface area contributed by atoms with E-state index in [2.05, 4.69) is 10.3 Å². The zero-order valence-corrected chi connectivity index (χ0v) is 15.0. The van der Waals surface area contributed by atoms with Crippen molar-refractivity contribution < 1.29 is 14.0 Å². The smallest absolute Gasteiger partial charge is 0.238 e. The molecule has 0 bridgehead atoms. The molecule has 0 saturated carbocycles. The number of nitrogens with zero attached hydrogens (tertiary/aromatic N) is 2. The predicted octanol–water partition coefficient (Wildman–Crippen LogP) is 3.36. The van der Waals surface area contributed by atoms with Crippen LogP contribution < -0.4 is 5.32 Å². The molecule has 2 heterocycles. The Morgan fingerprint density at radius 2 is 2.15 bits per heavy atom. The Kier molecular flexibility index (Phi) is 4.58. The number of benzene rings is 2. The predicted molar refractivity (Wildman–Crippen MR) is 102 cm³/mol. The normalized spacial score (nSPS) is 19.1. The number of hydrogen-bond donors (Lipinski definition) is 1. The van der Waals surface area contributed by atoms with E-state index in [4.69, 9.17) is 0 Å². The van der Waals surface area contributed by atoms with Crippen LogP contribution in [0.1, 0.15) is 22.3 Å². The van der Waals surface area contributed by atoms with Crippen molar-refractivity contribution in [1.29, 1.82) is 0 Å². The molecule has 138 valence electrons. The number of carbonyl (C=O) groups is 2. The van der Waals surface area contributed by atoms with Gasteiger partial charge in [-0.1, -0.05) is 17.7 Å². The highest BCUT2D eigenvalue weighted by Gasteiger charge is 2.36. The van der Waals surface area contributed by atoms with Gasteiger partial charge in [-0.3, -0.25) is 19.5 Å². The highest BCUT2D eigenvalue weighted by molar-refractivity contribution is 6.18. The van der Waals surface area contributed by atoms with E-state index < -0.39 is 5.82 Å². The molecule has 2 aromatic rings. The van der Waals surface area contributed by atoms with E-state index in [1.807, 2.05) is 30.0 Å². The monoisotopic (exact) mass is 365 g/mol. The van der Waals surface area contributed by atoms with Crippen LogP contribution in [0, 0.1) is 18.7 Å². The number of amides is 1. The number of nitrogens with one attached hydrogen (secondary N) is 1. The van der Waals surface area contributed by atoms with Gasteiger partial charge in [-0.15, -0.1) is 0 Å². The maximum absolute atomic E-state index is 13.2. The number of anilines is 1. The van der Waals surface area contributed by atoms with Gasteiger partial charge in [0, 0.05) is 30.1 Å². The topological polar surface area (TPSA) is 61.8 Å². The Balaban J connectivity index is 1.44. The molecule has 27 heavy (non-hydrogen) atoms. The van der Waals surface area contributed by atoms with E-state index in [0.717, 1.165) is 17.0 Å². The summed E-state index contributed by atoms with van der Waals surface area (Å²) in [6.07, 6.45) is 0.664. The van der Waals surface area contributed by atoms with Crippen molar-refractivity contribution in [2.24, 2.45) is 10.9 Å². The van der Waals surface area contributed by atoms with E-state index in [0.29, 0.717) is 30.8 Å². The van der Waals surface area contributed by atoms with Crippen molar-refractivity contribution in [2.45, 2.75) is 13.3 Å². The maximum atomic E-state index is 13.2. The number of ketones is 1. The summed E-state index contributed by atoms with van der Waals surface area (Å²) >= 11 is 0. The van der Waals surface area contributed by atoms with Crippen molar-refractivity contribution in [3.8, 4) is 0 Å². The van der Waals surface area contributed by atoms with Crippen LogP contribution in [-0.2, 0) is 4.79 Å². The van der Waals surface area contributed by atoms with Crippen LogP contribution in [0.2, 0.25) is 0 Å². The molecular formula is C21H20FN3O2. The van der Waals surface area contributed by atoms with E-state index in [9.17, 15) is 14.0 Å². The third kappa shape index (κ3) is 3.66. The van der Waals surface area contributed by atoms with Crippen molar-refractivity contribution in [3.63, 3.8) is 0 Å². The SMILES string of the molecule is Cc1ccc2c(c1)C(=O)C1CN(CC(=O)Nc3cccc(F)c3)CCC1=N2. The maximum Gasteiger partial charge on any atom is 0.238 e. The first kappa shape index (κ1) is 17.5. The Morgan fingerprint density at radius 3 is 2.96 bits per heavy atom. The first-order chi connectivity index (χ1) is 13.0. The second-order valence-electron chi connectivity index (χ2n) is 7.08. The number of aryl methyl sites for hydroxylation is 1. The molecular weight excluding hydrogens is 345 g/mol. The molecule has 2 aromatic carbocycles. The minimum Gasteiger partial charge on any atom is -0.325 e. The molecule has 0 spiro atoms. The second-order valence-corrected chi connectivity index (χ2v) is 7.08. The van der Waals surface area contributed by atoms with Gasteiger partial charge in [0.2, 0.25) is 5.91 Å². The Bertz CT molecular complexity index is 954. The average molecular weight is 365 g/mol. The van der Waals surface area contributed by atoms with Gasteiger partial charge in [-0.05, 0) is 43.7 Å². The van der Waals surface area contributed by atoms with Gasteiger partial charge in [0.15, 0.2) is 5.78 Å². The summed E-state index contributed by atoms with van der Waals surface area (Å²) in [5, 5.41) is 2.70. The van der Waals surface area contributed by atoms with Crippen LogP contribution in [-0.4, -0.2) is 41.9 Å². The zero-order chi connectivity index (χ0) is 19.0. The summed E-state index contributed by atoms with van der Waals surface area (Å²) in [4.78, 5) is 31.8. The lowest BCUT2D eigenvalue weighted by atomic mass is 9.84. The summed E-state index contributed by atoms with van der Waals surface area (Å²) < 4.78 is 13.2. The Labute approximate surface area is 156 Å². The fourth-order valence-corrected chi connectivity index (χ4v) is 3.67. The van der Waals surface area contributed by atoms with E-state index >= 15 is 0 Å². The first-order valence-electron chi connectivity index (χ1n) is 9.00. The number of rotatable bonds is 3. The van der Waals surface area contributed by atoms with E-state index in [1.165, 1.54) is 12.1 Å². The van der Waals surface area contributed by atoms with Gasteiger partial charge in [-0.2, -0.15) is 0 Å². The quantitative estimate of drug-likeness (QED) is 0.907. The number of fused-ring (bicyclic) bond motifs is 2. The second kappa shape index (κ2) is 7.04. The van der Waals surface area contributed by atoms with Crippen molar-refractivity contribution >= 4 is 28.8 Å². The van der Waals surface area contributed by atoms with Crippen LogP contribution in [0.15, 0.2) is 47.5 Å². The molecule has 2 aliphatic rings. The highest BCUT2D eigenvalue weighted by atomic mass is 19.1. The molecule has 1 unspecified atom stereocenters. The zero-order valence-electron chi connectivity index (χ0n) is 15.0. The third-order valence-electron chi connectivity index (χ3n) is 5.00. The van der Waals surface area contributed by atoms with Crippen molar-refractivity contribution in [1.82, 2.24) is 4.90 Å². The van der Waals surface area contributed by atoms with Gasteiger partial charge in [0.25, 0.3) is 0 Å². The molecule has 0 radical (unpaired) electrons. The highest BCUT2D eigenvalue weighted by Crippen LogP contribution is 2.32. The molecule has 1 saturated heterocycles. The van der Waals surface area contributed by atoms with Crippen molar-refractivity contribution in [3.05, 3.63) is 59.4 Å². The molecule has 0 aliphatic carbocycles. The Morgan fingerprint density at radius 1 is 1.30 bits per heavy atom. The fourth-order valence-electron chi connectivity index (χ4n) is 3.67. The van der Waals surface area contributed by atoms with Gasteiger partial charge in [-0.25, -0.2) is 4.39 Å². The number of aliphatic imine (C=N–C) groups is 1.